The first kappa shape index (κ1) is 25.1. The van der Waals surface area contributed by atoms with Crippen LogP contribution in [0.5, 0.6) is 0 Å². The molecule has 0 amide bonds. The third-order valence-electron chi connectivity index (χ3n) is 7.54. The molecule has 8 nitrogen and oxygen atoms in total. The van der Waals surface area contributed by atoms with Crippen LogP contribution in [0.25, 0.3) is 16.6 Å². The minimum absolute atomic E-state index is 0.205. The number of likely N-dealkylation sites (N-methyl/N-ethyl adjacent to an activating group) is 1. The van der Waals surface area contributed by atoms with Gasteiger partial charge in [-0.3, -0.25) is 4.79 Å². The molecule has 1 saturated heterocycles. The van der Waals surface area contributed by atoms with Gasteiger partial charge in [-0.25, -0.2) is 9.97 Å². The normalized spacial score (nSPS) is 16.9. The fourth-order valence-electron chi connectivity index (χ4n) is 5.37. The fraction of sp³-hybridized carbons (Fsp3) is 0.357. The van der Waals surface area contributed by atoms with Gasteiger partial charge in [-0.1, -0.05) is 42.1 Å². The summed E-state index contributed by atoms with van der Waals surface area (Å²) in [6.45, 7) is 4.16. The molecule has 2 aromatic carbocycles. The van der Waals surface area contributed by atoms with E-state index in [1.807, 2.05) is 12.1 Å². The van der Waals surface area contributed by atoms with E-state index in [0.29, 0.717) is 32.6 Å². The van der Waals surface area contributed by atoms with E-state index >= 15 is 0 Å². The summed E-state index contributed by atoms with van der Waals surface area (Å²) in [5.41, 5.74) is 3.48. The number of rotatable bonds is 5. The molecule has 2 aromatic heterocycles. The Kier molecular flexibility index (Phi) is 6.95. The third kappa shape index (κ3) is 4.84. The zero-order chi connectivity index (χ0) is 26.2. The van der Waals surface area contributed by atoms with E-state index in [1.165, 1.54) is 10.4 Å². The Morgan fingerprint density at radius 2 is 1.63 bits per heavy atom. The van der Waals surface area contributed by atoms with Gasteiger partial charge in [-0.05, 0) is 56.3 Å². The smallest absolute Gasteiger partial charge is 0.282 e. The Hall–Kier alpha value is -3.20. The Morgan fingerprint density at radius 1 is 0.947 bits per heavy atom. The van der Waals surface area contributed by atoms with Crippen LogP contribution in [0, 0.1) is 0 Å². The van der Waals surface area contributed by atoms with Crippen molar-refractivity contribution in [3.05, 3.63) is 74.8 Å². The minimum atomic E-state index is -0.347. The van der Waals surface area contributed by atoms with E-state index < -0.39 is 0 Å². The van der Waals surface area contributed by atoms with Gasteiger partial charge < -0.3 is 15.1 Å². The first-order chi connectivity index (χ1) is 18.5. The second-order valence-corrected chi connectivity index (χ2v) is 10.9. The molecule has 2 aliphatic rings. The van der Waals surface area contributed by atoms with Crippen LogP contribution in [0.15, 0.2) is 53.5 Å². The van der Waals surface area contributed by atoms with Crippen molar-refractivity contribution < 1.29 is 0 Å². The summed E-state index contributed by atoms with van der Waals surface area (Å²) in [7, 11) is 2.16. The number of fused-ring (bicyclic) bond motifs is 1. The highest BCUT2D eigenvalue weighted by Crippen LogP contribution is 2.36. The largest absolute Gasteiger partial charge is 0.369 e. The molecule has 1 N–H and O–H groups in total. The van der Waals surface area contributed by atoms with Gasteiger partial charge in [0.05, 0.1) is 21.1 Å². The lowest BCUT2D eigenvalue weighted by atomic mass is 10.0. The van der Waals surface area contributed by atoms with Crippen LogP contribution in [-0.4, -0.2) is 57.9 Å². The molecule has 1 aliphatic heterocycles. The van der Waals surface area contributed by atoms with Gasteiger partial charge in [0.15, 0.2) is 0 Å². The maximum atomic E-state index is 13.6. The van der Waals surface area contributed by atoms with Crippen molar-refractivity contribution in [3.8, 4) is 5.69 Å². The van der Waals surface area contributed by atoms with E-state index in [4.69, 9.17) is 33.3 Å². The van der Waals surface area contributed by atoms with Crippen LogP contribution < -0.4 is 15.8 Å². The van der Waals surface area contributed by atoms with Crippen LogP contribution in [0.2, 0.25) is 10.0 Å². The highest BCUT2D eigenvalue weighted by atomic mass is 35.5. The van der Waals surface area contributed by atoms with Crippen molar-refractivity contribution in [3.63, 3.8) is 0 Å². The summed E-state index contributed by atoms with van der Waals surface area (Å²) in [6, 6.07) is 13.5. The predicted octanol–water partition coefficient (Wildman–Crippen LogP) is 5.64. The van der Waals surface area contributed by atoms with Gasteiger partial charge in [0.2, 0.25) is 5.95 Å². The van der Waals surface area contributed by atoms with Crippen LogP contribution in [0.4, 0.5) is 17.3 Å². The van der Waals surface area contributed by atoms with E-state index in [0.717, 1.165) is 63.2 Å². The van der Waals surface area contributed by atoms with Gasteiger partial charge >= 0.3 is 0 Å². The second kappa shape index (κ2) is 10.5. The number of anilines is 3. The summed E-state index contributed by atoms with van der Waals surface area (Å²) >= 11 is 12.9. The SMILES string of the molecule is CN1CCN(c2ccc(Nc3ncc4c(=O)n(-c5c(Cl)cccc5Cl)nc(C5CCCC5)c4n3)cc2)CC1. The number of benzene rings is 2. The summed E-state index contributed by atoms with van der Waals surface area (Å²) in [4.78, 5) is 27.6. The van der Waals surface area contributed by atoms with Crippen molar-refractivity contribution in [2.75, 3.05) is 43.4 Å². The molecule has 1 aliphatic carbocycles. The summed E-state index contributed by atoms with van der Waals surface area (Å²) in [5.74, 6) is 0.634. The number of hydrogen-bond donors (Lipinski definition) is 1. The molecule has 0 atom stereocenters. The van der Waals surface area contributed by atoms with Crippen LogP contribution in [0.1, 0.15) is 37.3 Å². The molecule has 0 bridgehead atoms. The number of para-hydroxylation sites is 1. The topological polar surface area (TPSA) is 79.2 Å². The van der Waals surface area contributed by atoms with E-state index in [1.54, 1.807) is 24.4 Å². The van der Waals surface area contributed by atoms with Gasteiger partial charge in [-0.15, -0.1) is 0 Å². The maximum Gasteiger partial charge on any atom is 0.282 e. The third-order valence-corrected chi connectivity index (χ3v) is 8.15. The number of hydrogen-bond acceptors (Lipinski definition) is 7. The Morgan fingerprint density at radius 3 is 2.32 bits per heavy atom. The molecule has 10 heteroatoms. The number of nitrogens with one attached hydrogen (secondary N) is 1. The monoisotopic (exact) mass is 549 g/mol. The van der Waals surface area contributed by atoms with Crippen LogP contribution in [-0.2, 0) is 0 Å². The molecular weight excluding hydrogens is 521 g/mol. The molecule has 196 valence electrons. The molecule has 1 saturated carbocycles. The summed E-state index contributed by atoms with van der Waals surface area (Å²) < 4.78 is 1.31. The van der Waals surface area contributed by atoms with Gasteiger partial charge in [0, 0.05) is 49.7 Å². The van der Waals surface area contributed by atoms with Gasteiger partial charge in [0.1, 0.15) is 11.2 Å². The first-order valence-electron chi connectivity index (χ1n) is 13.0. The molecule has 38 heavy (non-hydrogen) atoms. The van der Waals surface area contributed by atoms with Crippen molar-refractivity contribution in [1.82, 2.24) is 24.6 Å². The average molecular weight is 550 g/mol. The molecule has 0 spiro atoms. The molecule has 4 aromatic rings. The fourth-order valence-corrected chi connectivity index (χ4v) is 5.93. The minimum Gasteiger partial charge on any atom is -0.369 e. The molecule has 0 unspecified atom stereocenters. The second-order valence-electron chi connectivity index (χ2n) is 10.1. The summed E-state index contributed by atoms with van der Waals surface area (Å²) in [5, 5.41) is 9.23. The molecule has 6 rings (SSSR count). The number of halogens is 2. The van der Waals surface area contributed by atoms with Gasteiger partial charge in [-0.2, -0.15) is 9.78 Å². The lowest BCUT2D eigenvalue weighted by Crippen LogP contribution is -2.44. The van der Waals surface area contributed by atoms with Crippen molar-refractivity contribution >= 4 is 51.4 Å². The van der Waals surface area contributed by atoms with Crippen molar-refractivity contribution in [2.45, 2.75) is 31.6 Å². The highest BCUT2D eigenvalue weighted by Gasteiger charge is 2.26. The molecule has 0 radical (unpaired) electrons. The lowest BCUT2D eigenvalue weighted by molar-refractivity contribution is 0.313. The van der Waals surface area contributed by atoms with E-state index in [-0.39, 0.29) is 11.5 Å². The number of nitrogens with zero attached hydrogens (tertiary/aromatic N) is 6. The van der Waals surface area contributed by atoms with Crippen LogP contribution >= 0.6 is 23.2 Å². The Bertz CT molecular complexity index is 1510. The lowest BCUT2D eigenvalue weighted by Gasteiger charge is -2.34. The Labute approximate surface area is 231 Å². The molecule has 2 fully saturated rings. The predicted molar refractivity (Wildman–Crippen MR) is 154 cm³/mol. The molecular formula is C28H29Cl2N7O. The number of aromatic nitrogens is 4. The van der Waals surface area contributed by atoms with E-state index in [9.17, 15) is 4.79 Å². The first-order valence-corrected chi connectivity index (χ1v) is 13.8. The maximum absolute atomic E-state index is 13.6. The van der Waals surface area contributed by atoms with E-state index in [2.05, 4.69) is 39.3 Å². The molecule has 3 heterocycles. The van der Waals surface area contributed by atoms with Gasteiger partial charge in [0.25, 0.3) is 5.56 Å². The van der Waals surface area contributed by atoms with Crippen molar-refractivity contribution in [2.24, 2.45) is 0 Å². The Balaban J connectivity index is 1.36. The average Bonchev–Trinajstić information content (AvgIpc) is 3.46. The van der Waals surface area contributed by atoms with Crippen molar-refractivity contribution in [1.29, 1.82) is 0 Å². The zero-order valence-corrected chi connectivity index (χ0v) is 22.7. The van der Waals surface area contributed by atoms with Crippen LogP contribution in [0.3, 0.4) is 0 Å². The standard InChI is InChI=1S/C28H29Cl2N7O/c1-35-13-15-36(16-14-35)20-11-9-19(10-12-20)32-28-31-17-21-25(33-28)24(18-5-2-3-6-18)34-37(27(21)38)26-22(29)7-4-8-23(26)30/h4,7-12,17-18H,2-3,5-6,13-16H2,1H3,(H,31,32,33). The number of piperazine rings is 1. The summed E-state index contributed by atoms with van der Waals surface area (Å²) in [6.07, 6.45) is 5.81. The highest BCUT2D eigenvalue weighted by molar-refractivity contribution is 6.37. The quantitative estimate of drug-likeness (QED) is 0.345. The zero-order valence-electron chi connectivity index (χ0n) is 21.2.